The van der Waals surface area contributed by atoms with Crippen LogP contribution in [0.1, 0.15) is 11.3 Å². The van der Waals surface area contributed by atoms with Crippen molar-refractivity contribution >= 4 is 23.1 Å². The number of rotatable bonds is 4. The van der Waals surface area contributed by atoms with Crippen molar-refractivity contribution in [1.29, 1.82) is 0 Å². The normalized spacial score (nSPS) is 11.2. The average Bonchev–Trinajstić information content (AvgIpc) is 2.77. The summed E-state index contributed by atoms with van der Waals surface area (Å²) in [5.74, 6) is 0. The summed E-state index contributed by atoms with van der Waals surface area (Å²) in [7, 11) is 3.92. The van der Waals surface area contributed by atoms with Crippen molar-refractivity contribution in [3.8, 4) is 0 Å². The summed E-state index contributed by atoms with van der Waals surface area (Å²) in [5.41, 5.74) is 2.00. The summed E-state index contributed by atoms with van der Waals surface area (Å²) >= 11 is 7.16. The van der Waals surface area contributed by atoms with Gasteiger partial charge in [0.1, 0.15) is 10.0 Å². The van der Waals surface area contributed by atoms with E-state index in [0.717, 1.165) is 12.2 Å². The molecular weight excluding hydrogens is 246 g/mol. The van der Waals surface area contributed by atoms with Crippen molar-refractivity contribution in [2.45, 2.75) is 13.1 Å². The van der Waals surface area contributed by atoms with E-state index in [1.54, 1.807) is 4.68 Å². The summed E-state index contributed by atoms with van der Waals surface area (Å²) < 4.78 is 6.26. The van der Waals surface area contributed by atoms with E-state index in [1.807, 2.05) is 26.5 Å². The van der Waals surface area contributed by atoms with Gasteiger partial charge in [-0.15, -0.1) is 5.10 Å². The molecule has 0 bridgehead atoms. The van der Waals surface area contributed by atoms with E-state index in [4.69, 9.17) is 11.6 Å². The van der Waals surface area contributed by atoms with E-state index < -0.39 is 0 Å². The predicted octanol–water partition coefficient (Wildman–Crippen LogP) is 1.56. The zero-order valence-electron chi connectivity index (χ0n) is 9.09. The standard InChI is InChI=1S/C9H12ClN5S/c1-14(4-7-3-11-15(2)5-7)6-8-9(10)16-13-12-8/h3,5H,4,6H2,1-2H3. The van der Waals surface area contributed by atoms with Crippen molar-refractivity contribution < 1.29 is 0 Å². The van der Waals surface area contributed by atoms with Crippen molar-refractivity contribution in [3.63, 3.8) is 0 Å². The van der Waals surface area contributed by atoms with Gasteiger partial charge in [0.05, 0.1) is 6.20 Å². The van der Waals surface area contributed by atoms with Crippen LogP contribution >= 0.6 is 23.1 Å². The quantitative estimate of drug-likeness (QED) is 0.834. The minimum absolute atomic E-state index is 0.665. The molecule has 2 aromatic heterocycles. The zero-order valence-corrected chi connectivity index (χ0v) is 10.7. The minimum atomic E-state index is 0.665. The lowest BCUT2D eigenvalue weighted by Gasteiger charge is -2.13. The summed E-state index contributed by atoms with van der Waals surface area (Å²) in [6, 6.07) is 0. The van der Waals surface area contributed by atoms with Crippen LogP contribution in [0, 0.1) is 0 Å². The van der Waals surface area contributed by atoms with Gasteiger partial charge < -0.3 is 0 Å². The van der Waals surface area contributed by atoms with Gasteiger partial charge in [-0.25, -0.2) is 0 Å². The van der Waals surface area contributed by atoms with Crippen molar-refractivity contribution in [2.75, 3.05) is 7.05 Å². The molecule has 0 aliphatic heterocycles. The molecule has 2 rings (SSSR count). The molecule has 7 heteroatoms. The largest absolute Gasteiger partial charge is 0.296 e. The van der Waals surface area contributed by atoms with Crippen LogP contribution in [0.5, 0.6) is 0 Å². The SMILES string of the molecule is CN(Cc1cnn(C)c1)Cc1nnsc1Cl. The van der Waals surface area contributed by atoms with Crippen molar-refractivity contribution in [3.05, 3.63) is 28.0 Å². The van der Waals surface area contributed by atoms with Gasteiger partial charge in [-0.1, -0.05) is 16.1 Å². The van der Waals surface area contributed by atoms with Crippen LogP contribution in [0.2, 0.25) is 4.34 Å². The number of nitrogens with zero attached hydrogens (tertiary/aromatic N) is 5. The van der Waals surface area contributed by atoms with Gasteiger partial charge in [0.15, 0.2) is 0 Å². The van der Waals surface area contributed by atoms with Gasteiger partial charge in [0, 0.05) is 43.4 Å². The number of aromatic nitrogens is 4. The van der Waals surface area contributed by atoms with Crippen LogP contribution in [0.25, 0.3) is 0 Å². The molecule has 2 heterocycles. The van der Waals surface area contributed by atoms with Gasteiger partial charge in [-0.05, 0) is 7.05 Å². The van der Waals surface area contributed by atoms with E-state index in [0.29, 0.717) is 10.9 Å². The van der Waals surface area contributed by atoms with E-state index in [2.05, 4.69) is 19.6 Å². The molecule has 0 atom stereocenters. The first-order valence-corrected chi connectivity index (χ1v) is 5.93. The maximum atomic E-state index is 5.94. The molecule has 0 N–H and O–H groups in total. The van der Waals surface area contributed by atoms with E-state index >= 15 is 0 Å². The molecule has 0 saturated heterocycles. The number of hydrogen-bond donors (Lipinski definition) is 0. The summed E-state index contributed by atoms with van der Waals surface area (Å²) in [6.07, 6.45) is 3.86. The molecule has 0 spiro atoms. The predicted molar refractivity (Wildman–Crippen MR) is 63.3 cm³/mol. The van der Waals surface area contributed by atoms with Gasteiger partial charge >= 0.3 is 0 Å². The minimum Gasteiger partial charge on any atom is -0.296 e. The highest BCUT2D eigenvalue weighted by atomic mass is 35.5. The molecule has 0 radical (unpaired) electrons. The van der Waals surface area contributed by atoms with Crippen LogP contribution in [-0.2, 0) is 20.1 Å². The Hall–Kier alpha value is -0.980. The van der Waals surface area contributed by atoms with E-state index in [9.17, 15) is 0 Å². The summed E-state index contributed by atoms with van der Waals surface area (Å²) in [4.78, 5) is 2.12. The molecule has 0 aliphatic rings. The van der Waals surface area contributed by atoms with Crippen LogP contribution in [0.3, 0.4) is 0 Å². The maximum absolute atomic E-state index is 5.94. The highest BCUT2D eigenvalue weighted by Crippen LogP contribution is 2.18. The van der Waals surface area contributed by atoms with Crippen LogP contribution in [0.4, 0.5) is 0 Å². The van der Waals surface area contributed by atoms with Crippen molar-refractivity contribution in [1.82, 2.24) is 24.3 Å². The first kappa shape index (κ1) is 11.5. The smallest absolute Gasteiger partial charge is 0.138 e. The monoisotopic (exact) mass is 257 g/mol. The lowest BCUT2D eigenvalue weighted by Crippen LogP contribution is -2.17. The lowest BCUT2D eigenvalue weighted by atomic mass is 10.3. The Morgan fingerprint density at radius 1 is 1.50 bits per heavy atom. The Kier molecular flexibility index (Phi) is 3.52. The number of halogens is 1. The van der Waals surface area contributed by atoms with Crippen LogP contribution < -0.4 is 0 Å². The first-order chi connectivity index (χ1) is 7.65. The molecule has 5 nitrogen and oxygen atoms in total. The van der Waals surface area contributed by atoms with Gasteiger partial charge in [0.25, 0.3) is 0 Å². The molecule has 2 aromatic rings. The van der Waals surface area contributed by atoms with E-state index in [-0.39, 0.29) is 0 Å². The Labute approximate surface area is 103 Å². The van der Waals surface area contributed by atoms with Crippen LogP contribution in [-0.4, -0.2) is 31.3 Å². The molecule has 0 saturated carbocycles. The highest BCUT2D eigenvalue weighted by Gasteiger charge is 2.09. The Bertz CT molecular complexity index is 466. The fraction of sp³-hybridized carbons (Fsp3) is 0.444. The topological polar surface area (TPSA) is 46.8 Å². The van der Waals surface area contributed by atoms with Gasteiger partial charge in [0.2, 0.25) is 0 Å². The summed E-state index contributed by atoms with van der Waals surface area (Å²) in [6.45, 7) is 1.52. The molecule has 0 unspecified atom stereocenters. The van der Waals surface area contributed by atoms with Gasteiger partial charge in [-0.2, -0.15) is 5.10 Å². The first-order valence-electron chi connectivity index (χ1n) is 4.78. The molecule has 0 fully saturated rings. The Balaban J connectivity index is 1.94. The second-order valence-corrected chi connectivity index (χ2v) is 5.04. The Morgan fingerprint density at radius 3 is 2.88 bits per heavy atom. The maximum Gasteiger partial charge on any atom is 0.138 e. The van der Waals surface area contributed by atoms with Gasteiger partial charge in [-0.3, -0.25) is 9.58 Å². The fourth-order valence-electron chi connectivity index (χ4n) is 1.47. The molecule has 0 aromatic carbocycles. The fourth-order valence-corrected chi connectivity index (χ4v) is 2.08. The second kappa shape index (κ2) is 4.90. The number of aryl methyl sites for hydroxylation is 1. The third-order valence-electron chi connectivity index (χ3n) is 2.14. The highest BCUT2D eigenvalue weighted by molar-refractivity contribution is 7.10. The number of hydrogen-bond acceptors (Lipinski definition) is 5. The third kappa shape index (κ3) is 2.78. The molecule has 86 valence electrons. The molecular formula is C9H12ClN5S. The average molecular weight is 258 g/mol. The zero-order chi connectivity index (χ0) is 11.5. The van der Waals surface area contributed by atoms with Crippen LogP contribution in [0.15, 0.2) is 12.4 Å². The molecule has 16 heavy (non-hydrogen) atoms. The molecule has 0 amide bonds. The van der Waals surface area contributed by atoms with Crippen molar-refractivity contribution in [2.24, 2.45) is 7.05 Å². The second-order valence-electron chi connectivity index (χ2n) is 3.69. The third-order valence-corrected chi connectivity index (χ3v) is 3.12. The molecule has 0 aliphatic carbocycles. The Morgan fingerprint density at radius 2 is 2.31 bits per heavy atom. The lowest BCUT2D eigenvalue weighted by molar-refractivity contribution is 0.315. The summed E-state index contributed by atoms with van der Waals surface area (Å²) in [5, 5.41) is 8.10. The van der Waals surface area contributed by atoms with E-state index in [1.165, 1.54) is 17.1 Å².